The largest absolute Gasteiger partial charge is 0.320 e. The van der Waals surface area contributed by atoms with Crippen LogP contribution in [-0.4, -0.2) is 16.9 Å². The summed E-state index contributed by atoms with van der Waals surface area (Å²) >= 11 is 5.76. The number of amides is 1. The molecule has 104 valence electrons. The molecule has 1 aromatic carbocycles. The van der Waals surface area contributed by atoms with E-state index in [1.807, 2.05) is 6.92 Å². The summed E-state index contributed by atoms with van der Waals surface area (Å²) in [7, 11) is 0. The number of hydrogen-bond acceptors (Lipinski definition) is 4. The molecule has 0 aliphatic carbocycles. The molecule has 19 heavy (non-hydrogen) atoms. The smallest absolute Gasteiger partial charge is 0.292 e. The molecule has 1 atom stereocenters. The normalized spacial score (nSPS) is 11.9. The van der Waals surface area contributed by atoms with E-state index in [1.165, 1.54) is 18.2 Å². The minimum atomic E-state index is -0.682. The van der Waals surface area contributed by atoms with E-state index in [0.717, 1.165) is 12.8 Å². The van der Waals surface area contributed by atoms with Crippen LogP contribution in [0, 0.1) is 10.1 Å². The zero-order valence-corrected chi connectivity index (χ0v) is 11.3. The van der Waals surface area contributed by atoms with E-state index in [2.05, 4.69) is 5.32 Å². The van der Waals surface area contributed by atoms with E-state index in [4.69, 9.17) is 17.3 Å². The maximum absolute atomic E-state index is 11.8. The van der Waals surface area contributed by atoms with Crippen LogP contribution in [0.1, 0.15) is 26.2 Å². The Kier molecular flexibility index (Phi) is 5.72. The van der Waals surface area contributed by atoms with Gasteiger partial charge in [0.1, 0.15) is 5.69 Å². The Morgan fingerprint density at radius 3 is 2.84 bits per heavy atom. The Morgan fingerprint density at radius 1 is 1.58 bits per heavy atom. The number of nitrogens with one attached hydrogen (secondary N) is 1. The van der Waals surface area contributed by atoms with Crippen LogP contribution < -0.4 is 11.1 Å². The van der Waals surface area contributed by atoms with Crippen molar-refractivity contribution in [2.24, 2.45) is 5.73 Å². The minimum absolute atomic E-state index is 0.0643. The summed E-state index contributed by atoms with van der Waals surface area (Å²) in [5.41, 5.74) is 5.56. The summed E-state index contributed by atoms with van der Waals surface area (Å²) in [4.78, 5) is 22.1. The van der Waals surface area contributed by atoms with Crippen LogP contribution >= 0.6 is 11.6 Å². The highest BCUT2D eigenvalue weighted by Gasteiger charge is 2.19. The van der Waals surface area contributed by atoms with Gasteiger partial charge in [0.25, 0.3) is 5.69 Å². The number of halogens is 1. The van der Waals surface area contributed by atoms with Gasteiger partial charge in [0.05, 0.1) is 11.0 Å². The van der Waals surface area contributed by atoms with E-state index in [-0.39, 0.29) is 11.4 Å². The average molecular weight is 286 g/mol. The first-order valence-corrected chi connectivity index (χ1v) is 6.34. The molecule has 0 bridgehead atoms. The Labute approximate surface area is 116 Å². The highest BCUT2D eigenvalue weighted by molar-refractivity contribution is 6.31. The predicted molar refractivity (Wildman–Crippen MR) is 74.2 cm³/mol. The van der Waals surface area contributed by atoms with Crippen molar-refractivity contribution in [3.8, 4) is 0 Å². The highest BCUT2D eigenvalue weighted by atomic mass is 35.5. The molecule has 0 saturated heterocycles. The van der Waals surface area contributed by atoms with E-state index < -0.39 is 16.9 Å². The molecule has 0 aliphatic heterocycles. The van der Waals surface area contributed by atoms with Gasteiger partial charge in [0.15, 0.2) is 0 Å². The number of hydrogen-bond donors (Lipinski definition) is 2. The van der Waals surface area contributed by atoms with Gasteiger partial charge in [-0.1, -0.05) is 31.4 Å². The van der Waals surface area contributed by atoms with Crippen LogP contribution in [-0.2, 0) is 4.79 Å². The zero-order valence-electron chi connectivity index (χ0n) is 10.6. The van der Waals surface area contributed by atoms with E-state index in [1.54, 1.807) is 0 Å². The summed E-state index contributed by atoms with van der Waals surface area (Å²) in [6.45, 7) is 1.99. The maximum atomic E-state index is 11.8. The first-order valence-electron chi connectivity index (χ1n) is 5.96. The van der Waals surface area contributed by atoms with Crippen molar-refractivity contribution in [1.29, 1.82) is 0 Å². The van der Waals surface area contributed by atoms with Crippen LogP contribution in [0.5, 0.6) is 0 Å². The average Bonchev–Trinajstić information content (AvgIpc) is 2.35. The summed E-state index contributed by atoms with van der Waals surface area (Å²) < 4.78 is 0. The van der Waals surface area contributed by atoms with Crippen molar-refractivity contribution in [2.45, 2.75) is 32.2 Å². The molecule has 3 N–H and O–H groups in total. The van der Waals surface area contributed by atoms with Gasteiger partial charge in [-0.15, -0.1) is 0 Å². The summed E-state index contributed by atoms with van der Waals surface area (Å²) in [6, 6.07) is 3.30. The first-order chi connectivity index (χ1) is 8.95. The third kappa shape index (κ3) is 4.50. The van der Waals surface area contributed by atoms with Gasteiger partial charge in [0.2, 0.25) is 5.91 Å². The molecule has 1 aromatic rings. The number of unbranched alkanes of at least 4 members (excludes halogenated alkanes) is 1. The third-order valence-electron chi connectivity index (χ3n) is 2.62. The minimum Gasteiger partial charge on any atom is -0.320 e. The number of rotatable bonds is 6. The third-order valence-corrected chi connectivity index (χ3v) is 2.85. The first kappa shape index (κ1) is 15.4. The van der Waals surface area contributed by atoms with Gasteiger partial charge in [0, 0.05) is 11.1 Å². The maximum Gasteiger partial charge on any atom is 0.292 e. The number of nitro benzene ring substituents is 1. The molecule has 7 heteroatoms. The lowest BCUT2D eigenvalue weighted by Crippen LogP contribution is -2.35. The van der Waals surface area contributed by atoms with Crippen molar-refractivity contribution in [3.63, 3.8) is 0 Å². The Bertz CT molecular complexity index is 479. The fourth-order valence-electron chi connectivity index (χ4n) is 1.55. The van der Waals surface area contributed by atoms with Crippen LogP contribution in [0.3, 0.4) is 0 Å². The van der Waals surface area contributed by atoms with Crippen molar-refractivity contribution >= 4 is 28.9 Å². The molecule has 1 unspecified atom stereocenters. The number of carbonyl (C=O) groups is 1. The van der Waals surface area contributed by atoms with Gasteiger partial charge in [-0.05, 0) is 18.6 Å². The topological polar surface area (TPSA) is 98.3 Å². The Morgan fingerprint density at radius 2 is 2.26 bits per heavy atom. The number of nitrogens with two attached hydrogens (primary N) is 1. The van der Waals surface area contributed by atoms with Crippen LogP contribution in [0.25, 0.3) is 0 Å². The van der Waals surface area contributed by atoms with Crippen molar-refractivity contribution in [2.75, 3.05) is 5.32 Å². The molecule has 1 rings (SSSR count). The molecule has 0 radical (unpaired) electrons. The fraction of sp³-hybridized carbons (Fsp3) is 0.417. The van der Waals surface area contributed by atoms with Crippen LogP contribution in [0.4, 0.5) is 11.4 Å². The SMILES string of the molecule is CCCCC(N)C(=O)Nc1cc(Cl)ccc1[N+](=O)[O-]. The molecule has 0 aliphatic rings. The molecule has 0 fully saturated rings. The number of benzene rings is 1. The molecule has 0 aromatic heterocycles. The second kappa shape index (κ2) is 7.06. The molecular formula is C12H16ClN3O3. The quantitative estimate of drug-likeness (QED) is 0.620. The predicted octanol–water partition coefficient (Wildman–Crippen LogP) is 2.70. The highest BCUT2D eigenvalue weighted by Crippen LogP contribution is 2.27. The van der Waals surface area contributed by atoms with E-state index in [0.29, 0.717) is 11.4 Å². The molecule has 6 nitrogen and oxygen atoms in total. The number of nitro groups is 1. The van der Waals surface area contributed by atoms with Crippen molar-refractivity contribution in [1.82, 2.24) is 0 Å². The lowest BCUT2D eigenvalue weighted by atomic mass is 10.1. The number of carbonyl (C=O) groups excluding carboxylic acids is 1. The lowest BCUT2D eigenvalue weighted by molar-refractivity contribution is -0.383. The van der Waals surface area contributed by atoms with Crippen molar-refractivity contribution in [3.05, 3.63) is 33.3 Å². The van der Waals surface area contributed by atoms with Gasteiger partial charge in [-0.25, -0.2) is 0 Å². The van der Waals surface area contributed by atoms with E-state index >= 15 is 0 Å². The monoisotopic (exact) mass is 285 g/mol. The number of anilines is 1. The zero-order chi connectivity index (χ0) is 14.4. The lowest BCUT2D eigenvalue weighted by Gasteiger charge is -2.12. The Hall–Kier alpha value is -1.66. The van der Waals surface area contributed by atoms with Crippen LogP contribution in [0.2, 0.25) is 5.02 Å². The second-order valence-corrected chi connectivity index (χ2v) is 4.59. The fourth-order valence-corrected chi connectivity index (χ4v) is 1.72. The molecule has 0 saturated carbocycles. The van der Waals surface area contributed by atoms with E-state index in [9.17, 15) is 14.9 Å². The van der Waals surface area contributed by atoms with Crippen molar-refractivity contribution < 1.29 is 9.72 Å². The molecule has 0 heterocycles. The number of nitrogens with zero attached hydrogens (tertiary/aromatic N) is 1. The molecule has 1 amide bonds. The Balaban J connectivity index is 2.83. The standard InChI is InChI=1S/C12H16ClN3O3/c1-2-3-4-9(14)12(17)15-10-7-8(13)5-6-11(10)16(18)19/h5-7,9H,2-4,14H2,1H3,(H,15,17). The molecular weight excluding hydrogens is 270 g/mol. The van der Waals surface area contributed by atoms with Gasteiger partial charge < -0.3 is 11.1 Å². The summed E-state index contributed by atoms with van der Waals surface area (Å²) in [5, 5.41) is 13.6. The van der Waals surface area contributed by atoms with Gasteiger partial charge >= 0.3 is 0 Å². The van der Waals surface area contributed by atoms with Gasteiger partial charge in [-0.2, -0.15) is 0 Å². The van der Waals surface area contributed by atoms with Crippen LogP contribution in [0.15, 0.2) is 18.2 Å². The summed E-state index contributed by atoms with van der Waals surface area (Å²) in [6.07, 6.45) is 2.29. The van der Waals surface area contributed by atoms with Gasteiger partial charge in [-0.3, -0.25) is 14.9 Å². The second-order valence-electron chi connectivity index (χ2n) is 4.16. The summed E-state index contributed by atoms with van der Waals surface area (Å²) in [5.74, 6) is -0.446. The molecule has 0 spiro atoms.